The van der Waals surface area contributed by atoms with Crippen LogP contribution < -0.4 is 0 Å². The SMILES string of the molecule is CCC(O)c1ccc(-c2ccc(C)cc2F)o1. The van der Waals surface area contributed by atoms with Crippen molar-refractivity contribution in [3.63, 3.8) is 0 Å². The minimum absolute atomic E-state index is 0.308. The third-order valence-corrected chi connectivity index (χ3v) is 2.73. The predicted molar refractivity (Wildman–Crippen MR) is 64.1 cm³/mol. The van der Waals surface area contributed by atoms with Gasteiger partial charge < -0.3 is 9.52 Å². The standard InChI is InChI=1S/C14H15FO2/c1-3-12(16)14-7-6-13(17-14)10-5-4-9(2)8-11(10)15/h4-8,12,16H,3H2,1-2H3. The smallest absolute Gasteiger partial charge is 0.137 e. The minimum atomic E-state index is -0.628. The van der Waals surface area contributed by atoms with Gasteiger partial charge >= 0.3 is 0 Å². The molecule has 1 aromatic heterocycles. The van der Waals surface area contributed by atoms with Gasteiger partial charge in [-0.1, -0.05) is 13.0 Å². The van der Waals surface area contributed by atoms with Crippen LogP contribution in [0.4, 0.5) is 4.39 Å². The van der Waals surface area contributed by atoms with Gasteiger partial charge in [-0.05, 0) is 43.2 Å². The number of aliphatic hydroxyl groups excluding tert-OH is 1. The molecule has 2 nitrogen and oxygen atoms in total. The van der Waals surface area contributed by atoms with E-state index in [0.717, 1.165) is 5.56 Å². The molecule has 1 heterocycles. The lowest BCUT2D eigenvalue weighted by molar-refractivity contribution is 0.146. The first-order valence-corrected chi connectivity index (χ1v) is 5.66. The second-order valence-corrected chi connectivity index (χ2v) is 4.11. The minimum Gasteiger partial charge on any atom is -0.458 e. The number of hydrogen-bond acceptors (Lipinski definition) is 2. The molecular formula is C14H15FO2. The highest BCUT2D eigenvalue weighted by atomic mass is 19.1. The predicted octanol–water partition coefficient (Wildman–Crippen LogP) is 3.84. The van der Waals surface area contributed by atoms with Gasteiger partial charge in [-0.15, -0.1) is 0 Å². The van der Waals surface area contributed by atoms with Gasteiger partial charge in [0.25, 0.3) is 0 Å². The first-order chi connectivity index (χ1) is 8.11. The summed E-state index contributed by atoms with van der Waals surface area (Å²) in [5.41, 5.74) is 1.29. The highest BCUT2D eigenvalue weighted by Crippen LogP contribution is 2.28. The van der Waals surface area contributed by atoms with E-state index in [0.29, 0.717) is 23.5 Å². The summed E-state index contributed by atoms with van der Waals surface area (Å²) in [5, 5.41) is 9.62. The van der Waals surface area contributed by atoms with E-state index in [4.69, 9.17) is 4.42 Å². The number of hydrogen-bond donors (Lipinski definition) is 1. The maximum atomic E-state index is 13.7. The molecule has 3 heteroatoms. The fourth-order valence-corrected chi connectivity index (χ4v) is 1.70. The number of aliphatic hydroxyl groups is 1. The van der Waals surface area contributed by atoms with E-state index in [-0.39, 0.29) is 5.82 Å². The van der Waals surface area contributed by atoms with Crippen molar-refractivity contribution in [2.24, 2.45) is 0 Å². The number of benzene rings is 1. The Kier molecular flexibility index (Phi) is 3.29. The molecule has 1 unspecified atom stereocenters. The quantitative estimate of drug-likeness (QED) is 0.875. The van der Waals surface area contributed by atoms with E-state index in [1.165, 1.54) is 6.07 Å². The number of rotatable bonds is 3. The Hall–Kier alpha value is -1.61. The Labute approximate surface area is 99.7 Å². The highest BCUT2D eigenvalue weighted by Gasteiger charge is 2.13. The topological polar surface area (TPSA) is 33.4 Å². The van der Waals surface area contributed by atoms with Gasteiger partial charge in [0.15, 0.2) is 0 Å². The van der Waals surface area contributed by atoms with Crippen LogP contribution in [0.25, 0.3) is 11.3 Å². The zero-order valence-electron chi connectivity index (χ0n) is 9.90. The number of aryl methyl sites for hydroxylation is 1. The lowest BCUT2D eigenvalue weighted by atomic mass is 10.1. The number of halogens is 1. The summed E-state index contributed by atoms with van der Waals surface area (Å²) in [7, 11) is 0. The van der Waals surface area contributed by atoms with Crippen molar-refractivity contribution in [2.45, 2.75) is 26.4 Å². The summed E-state index contributed by atoms with van der Waals surface area (Å²) in [6.07, 6.45) is -0.0548. The number of furan rings is 1. The lowest BCUT2D eigenvalue weighted by Gasteiger charge is -2.04. The summed E-state index contributed by atoms with van der Waals surface area (Å²) in [6, 6.07) is 8.35. The average molecular weight is 234 g/mol. The van der Waals surface area contributed by atoms with Gasteiger partial charge in [0.1, 0.15) is 23.4 Å². The molecule has 90 valence electrons. The summed E-state index contributed by atoms with van der Waals surface area (Å²) >= 11 is 0. The van der Waals surface area contributed by atoms with Crippen molar-refractivity contribution in [1.82, 2.24) is 0 Å². The van der Waals surface area contributed by atoms with Gasteiger partial charge in [-0.25, -0.2) is 4.39 Å². The molecule has 0 aliphatic rings. The summed E-state index contributed by atoms with van der Waals surface area (Å²) < 4.78 is 19.2. The maximum absolute atomic E-state index is 13.7. The van der Waals surface area contributed by atoms with Crippen LogP contribution in [0.1, 0.15) is 30.8 Å². The Balaban J connectivity index is 2.37. The molecule has 17 heavy (non-hydrogen) atoms. The summed E-state index contributed by atoms with van der Waals surface area (Å²) in [5.74, 6) is 0.615. The van der Waals surface area contributed by atoms with Crippen molar-refractivity contribution < 1.29 is 13.9 Å². The van der Waals surface area contributed by atoms with Gasteiger partial charge in [-0.3, -0.25) is 0 Å². The van der Waals surface area contributed by atoms with Crippen LogP contribution in [-0.4, -0.2) is 5.11 Å². The fourth-order valence-electron chi connectivity index (χ4n) is 1.70. The molecular weight excluding hydrogens is 219 g/mol. The zero-order valence-corrected chi connectivity index (χ0v) is 9.90. The van der Waals surface area contributed by atoms with Gasteiger partial charge in [0.2, 0.25) is 0 Å². The average Bonchev–Trinajstić information content (AvgIpc) is 2.77. The van der Waals surface area contributed by atoms with Gasteiger partial charge in [0.05, 0.1) is 5.56 Å². The Morgan fingerprint density at radius 1 is 1.29 bits per heavy atom. The van der Waals surface area contributed by atoms with Crippen LogP contribution in [0.3, 0.4) is 0 Å². The van der Waals surface area contributed by atoms with Crippen molar-refractivity contribution in [3.05, 3.63) is 47.5 Å². The van der Waals surface area contributed by atoms with Crippen LogP contribution in [0.15, 0.2) is 34.7 Å². The van der Waals surface area contributed by atoms with Gasteiger partial charge in [0, 0.05) is 0 Å². The van der Waals surface area contributed by atoms with Crippen LogP contribution in [-0.2, 0) is 0 Å². The van der Waals surface area contributed by atoms with Crippen molar-refractivity contribution in [3.8, 4) is 11.3 Å². The third kappa shape index (κ3) is 2.39. The third-order valence-electron chi connectivity index (χ3n) is 2.73. The monoisotopic (exact) mass is 234 g/mol. The molecule has 1 aromatic carbocycles. The molecule has 0 aliphatic heterocycles. The molecule has 0 saturated heterocycles. The van der Waals surface area contributed by atoms with E-state index in [1.54, 1.807) is 18.2 Å². The molecule has 0 fully saturated rings. The highest BCUT2D eigenvalue weighted by molar-refractivity contribution is 5.59. The van der Waals surface area contributed by atoms with E-state index < -0.39 is 6.10 Å². The zero-order chi connectivity index (χ0) is 12.4. The maximum Gasteiger partial charge on any atom is 0.137 e. The van der Waals surface area contributed by atoms with E-state index >= 15 is 0 Å². The van der Waals surface area contributed by atoms with E-state index in [2.05, 4.69) is 0 Å². The Morgan fingerprint density at radius 2 is 2.06 bits per heavy atom. The molecule has 2 rings (SSSR count). The molecule has 1 N–H and O–H groups in total. The Bertz CT molecular complexity index is 517. The van der Waals surface area contributed by atoms with E-state index in [9.17, 15) is 9.50 Å². The van der Waals surface area contributed by atoms with E-state index in [1.807, 2.05) is 19.9 Å². The Morgan fingerprint density at radius 3 is 2.71 bits per heavy atom. The van der Waals surface area contributed by atoms with Crippen molar-refractivity contribution >= 4 is 0 Å². The van der Waals surface area contributed by atoms with Crippen LogP contribution in [0, 0.1) is 12.7 Å². The molecule has 2 aromatic rings. The summed E-state index contributed by atoms with van der Waals surface area (Å²) in [6.45, 7) is 3.70. The molecule has 0 spiro atoms. The van der Waals surface area contributed by atoms with Gasteiger partial charge in [-0.2, -0.15) is 0 Å². The first-order valence-electron chi connectivity index (χ1n) is 5.66. The van der Waals surface area contributed by atoms with Crippen LogP contribution >= 0.6 is 0 Å². The molecule has 0 bridgehead atoms. The van der Waals surface area contributed by atoms with Crippen LogP contribution in [0.5, 0.6) is 0 Å². The molecule has 0 radical (unpaired) electrons. The second-order valence-electron chi connectivity index (χ2n) is 4.11. The molecule has 0 saturated carbocycles. The molecule has 1 atom stereocenters. The first kappa shape index (κ1) is 11.9. The largest absolute Gasteiger partial charge is 0.458 e. The fraction of sp³-hybridized carbons (Fsp3) is 0.286. The van der Waals surface area contributed by atoms with Crippen LogP contribution in [0.2, 0.25) is 0 Å². The van der Waals surface area contributed by atoms with Crippen molar-refractivity contribution in [1.29, 1.82) is 0 Å². The summed E-state index contributed by atoms with van der Waals surface area (Å²) in [4.78, 5) is 0. The second kappa shape index (κ2) is 4.72. The van der Waals surface area contributed by atoms with Crippen molar-refractivity contribution in [2.75, 3.05) is 0 Å². The molecule has 0 aliphatic carbocycles. The normalized spacial score (nSPS) is 12.7. The molecule has 0 amide bonds. The lowest BCUT2D eigenvalue weighted by Crippen LogP contribution is -1.91.